The first-order valence-electron chi connectivity index (χ1n) is 7.13. The van der Waals surface area contributed by atoms with Gasteiger partial charge in [0.15, 0.2) is 0 Å². The molecule has 3 nitrogen and oxygen atoms in total. The fraction of sp³-hybridized carbons (Fsp3) is 0.0526. The van der Waals surface area contributed by atoms with Gasteiger partial charge in [0.25, 0.3) is 0 Å². The maximum Gasteiger partial charge on any atom is 0.337 e. The van der Waals surface area contributed by atoms with Gasteiger partial charge in [0, 0.05) is 17.1 Å². The van der Waals surface area contributed by atoms with E-state index in [1.807, 2.05) is 41.9 Å². The summed E-state index contributed by atoms with van der Waals surface area (Å²) >= 11 is 1.62. The molecule has 0 saturated carbocycles. The van der Waals surface area contributed by atoms with Crippen molar-refractivity contribution < 1.29 is 9.53 Å². The van der Waals surface area contributed by atoms with Gasteiger partial charge in [-0.05, 0) is 23.3 Å². The van der Waals surface area contributed by atoms with Crippen LogP contribution in [-0.4, -0.2) is 18.1 Å². The van der Waals surface area contributed by atoms with Crippen LogP contribution in [0, 0.1) is 0 Å². The SMILES string of the molecule is COC(=O)c1ccc(C=Cc2ccccc2-c2nccs2)cc1. The Kier molecular flexibility index (Phi) is 4.64. The maximum atomic E-state index is 11.4. The number of carbonyl (C=O) groups is 1. The zero-order chi connectivity index (χ0) is 16.1. The highest BCUT2D eigenvalue weighted by molar-refractivity contribution is 7.13. The minimum atomic E-state index is -0.324. The molecule has 0 N–H and O–H groups in total. The van der Waals surface area contributed by atoms with E-state index in [9.17, 15) is 4.79 Å². The van der Waals surface area contributed by atoms with Crippen molar-refractivity contribution in [3.8, 4) is 10.6 Å². The van der Waals surface area contributed by atoms with Crippen LogP contribution in [0.5, 0.6) is 0 Å². The molecule has 0 unspecified atom stereocenters. The van der Waals surface area contributed by atoms with Crippen molar-refractivity contribution in [1.82, 2.24) is 4.98 Å². The van der Waals surface area contributed by atoms with Crippen molar-refractivity contribution in [3.63, 3.8) is 0 Å². The number of carbonyl (C=O) groups excluding carboxylic acids is 1. The summed E-state index contributed by atoms with van der Waals surface area (Å²) in [4.78, 5) is 15.8. The van der Waals surface area contributed by atoms with E-state index in [1.54, 1.807) is 23.5 Å². The number of nitrogens with zero attached hydrogens (tertiary/aromatic N) is 1. The van der Waals surface area contributed by atoms with Gasteiger partial charge in [0.05, 0.1) is 12.7 Å². The van der Waals surface area contributed by atoms with Gasteiger partial charge >= 0.3 is 5.97 Å². The molecule has 0 fully saturated rings. The van der Waals surface area contributed by atoms with Crippen molar-refractivity contribution in [1.29, 1.82) is 0 Å². The van der Waals surface area contributed by atoms with Crippen LogP contribution in [0.1, 0.15) is 21.5 Å². The number of aromatic nitrogens is 1. The molecule has 0 radical (unpaired) electrons. The Balaban J connectivity index is 1.85. The average Bonchev–Trinajstić information content (AvgIpc) is 3.14. The Morgan fingerprint density at radius 3 is 2.57 bits per heavy atom. The lowest BCUT2D eigenvalue weighted by molar-refractivity contribution is 0.0601. The molecule has 0 saturated heterocycles. The third-order valence-corrected chi connectivity index (χ3v) is 4.22. The van der Waals surface area contributed by atoms with Crippen LogP contribution in [0.4, 0.5) is 0 Å². The molecule has 0 aliphatic rings. The minimum absolute atomic E-state index is 0.324. The van der Waals surface area contributed by atoms with Gasteiger partial charge in [0.2, 0.25) is 0 Å². The van der Waals surface area contributed by atoms with E-state index in [0.717, 1.165) is 21.7 Å². The molecule has 0 bridgehead atoms. The zero-order valence-electron chi connectivity index (χ0n) is 12.6. The van der Waals surface area contributed by atoms with E-state index >= 15 is 0 Å². The smallest absolute Gasteiger partial charge is 0.337 e. The second-order valence-electron chi connectivity index (χ2n) is 4.87. The quantitative estimate of drug-likeness (QED) is 0.513. The number of benzene rings is 2. The lowest BCUT2D eigenvalue weighted by atomic mass is 10.1. The van der Waals surface area contributed by atoms with E-state index in [4.69, 9.17) is 4.74 Å². The van der Waals surface area contributed by atoms with E-state index in [-0.39, 0.29) is 5.97 Å². The first-order chi connectivity index (χ1) is 11.3. The molecule has 1 aromatic heterocycles. The standard InChI is InChI=1S/C19H15NO2S/c1-22-19(21)16-10-7-14(8-11-16)6-9-15-4-2-3-5-17(15)18-20-12-13-23-18/h2-13H,1H3. The van der Waals surface area contributed by atoms with Gasteiger partial charge in [-0.3, -0.25) is 0 Å². The summed E-state index contributed by atoms with van der Waals surface area (Å²) in [6.07, 6.45) is 5.89. The highest BCUT2D eigenvalue weighted by Crippen LogP contribution is 2.26. The summed E-state index contributed by atoms with van der Waals surface area (Å²) in [7, 11) is 1.38. The van der Waals surface area contributed by atoms with Crippen molar-refractivity contribution in [3.05, 3.63) is 76.8 Å². The average molecular weight is 321 g/mol. The van der Waals surface area contributed by atoms with Crippen LogP contribution in [0.3, 0.4) is 0 Å². The molecule has 1 heterocycles. The molecule has 3 aromatic rings. The predicted octanol–water partition coefficient (Wildman–Crippen LogP) is 4.77. The molecule has 23 heavy (non-hydrogen) atoms. The van der Waals surface area contributed by atoms with Gasteiger partial charge < -0.3 is 4.74 Å². The largest absolute Gasteiger partial charge is 0.465 e. The Bertz CT molecular complexity index is 821. The Morgan fingerprint density at radius 2 is 1.87 bits per heavy atom. The van der Waals surface area contributed by atoms with Crippen LogP contribution in [-0.2, 0) is 4.74 Å². The number of rotatable bonds is 4. The molecule has 0 aliphatic heterocycles. The Hall–Kier alpha value is -2.72. The summed E-state index contributed by atoms with van der Waals surface area (Å²) in [5, 5.41) is 2.98. The fourth-order valence-electron chi connectivity index (χ4n) is 2.23. The van der Waals surface area contributed by atoms with Crippen LogP contribution < -0.4 is 0 Å². The van der Waals surface area contributed by atoms with E-state index in [1.165, 1.54) is 7.11 Å². The van der Waals surface area contributed by atoms with Crippen molar-refractivity contribution in [2.75, 3.05) is 7.11 Å². The number of ether oxygens (including phenoxy) is 1. The van der Waals surface area contributed by atoms with Gasteiger partial charge in [-0.2, -0.15) is 0 Å². The summed E-state index contributed by atoms with van der Waals surface area (Å²) in [6, 6.07) is 15.5. The zero-order valence-corrected chi connectivity index (χ0v) is 13.4. The lowest BCUT2D eigenvalue weighted by Gasteiger charge is -2.03. The summed E-state index contributed by atoms with van der Waals surface area (Å²) in [6.45, 7) is 0. The van der Waals surface area contributed by atoms with Gasteiger partial charge in [-0.15, -0.1) is 11.3 Å². The number of hydrogen-bond donors (Lipinski definition) is 0. The molecule has 0 atom stereocenters. The predicted molar refractivity (Wildman–Crippen MR) is 94.3 cm³/mol. The number of thiazole rings is 1. The molecule has 114 valence electrons. The lowest BCUT2D eigenvalue weighted by Crippen LogP contribution is -2.00. The topological polar surface area (TPSA) is 39.2 Å². The molecule has 2 aromatic carbocycles. The molecular formula is C19H15NO2S. The van der Waals surface area contributed by atoms with Crippen LogP contribution in [0.25, 0.3) is 22.7 Å². The number of esters is 1. The number of hydrogen-bond acceptors (Lipinski definition) is 4. The van der Waals surface area contributed by atoms with Gasteiger partial charge in [-0.25, -0.2) is 9.78 Å². The molecule has 4 heteroatoms. The maximum absolute atomic E-state index is 11.4. The van der Waals surface area contributed by atoms with Crippen molar-refractivity contribution >= 4 is 29.5 Å². The highest BCUT2D eigenvalue weighted by Gasteiger charge is 2.05. The summed E-state index contributed by atoms with van der Waals surface area (Å²) in [5.41, 5.74) is 3.80. The molecule has 3 rings (SSSR count). The molecule has 0 spiro atoms. The first-order valence-corrected chi connectivity index (χ1v) is 8.01. The second kappa shape index (κ2) is 7.03. The van der Waals surface area contributed by atoms with E-state index in [2.05, 4.69) is 23.2 Å². The summed E-state index contributed by atoms with van der Waals surface area (Å²) < 4.78 is 4.70. The van der Waals surface area contributed by atoms with Crippen LogP contribution >= 0.6 is 11.3 Å². The molecule has 0 amide bonds. The van der Waals surface area contributed by atoms with E-state index < -0.39 is 0 Å². The molecular weight excluding hydrogens is 306 g/mol. The minimum Gasteiger partial charge on any atom is -0.465 e. The second-order valence-corrected chi connectivity index (χ2v) is 5.77. The Morgan fingerprint density at radius 1 is 1.09 bits per heavy atom. The van der Waals surface area contributed by atoms with Crippen molar-refractivity contribution in [2.45, 2.75) is 0 Å². The summed E-state index contributed by atoms with van der Waals surface area (Å²) in [5.74, 6) is -0.324. The fourth-order valence-corrected chi connectivity index (χ4v) is 2.91. The van der Waals surface area contributed by atoms with Gasteiger partial charge in [-0.1, -0.05) is 48.6 Å². The third kappa shape index (κ3) is 3.55. The Labute approximate surface area is 138 Å². The molecule has 0 aliphatic carbocycles. The first kappa shape index (κ1) is 15.2. The number of methoxy groups -OCH3 is 1. The van der Waals surface area contributed by atoms with Crippen LogP contribution in [0.2, 0.25) is 0 Å². The van der Waals surface area contributed by atoms with Gasteiger partial charge in [0.1, 0.15) is 5.01 Å². The monoisotopic (exact) mass is 321 g/mol. The van der Waals surface area contributed by atoms with Crippen molar-refractivity contribution in [2.24, 2.45) is 0 Å². The third-order valence-electron chi connectivity index (χ3n) is 3.41. The highest BCUT2D eigenvalue weighted by atomic mass is 32.1. The van der Waals surface area contributed by atoms with E-state index in [0.29, 0.717) is 5.56 Å². The normalized spacial score (nSPS) is 10.8. The van der Waals surface area contributed by atoms with Crippen LogP contribution in [0.15, 0.2) is 60.1 Å².